The molecule has 4 nitrogen and oxygen atoms in total. The van der Waals surface area contributed by atoms with Crippen LogP contribution in [0.1, 0.15) is 43.9 Å². The summed E-state index contributed by atoms with van der Waals surface area (Å²) < 4.78 is 0. The largest absolute Gasteiger partial charge is 0.303 e. The van der Waals surface area contributed by atoms with Crippen molar-refractivity contribution in [3.05, 3.63) is 95.6 Å². The van der Waals surface area contributed by atoms with Crippen molar-refractivity contribution < 1.29 is 9.59 Å². The number of carbonyl (C=O) groups excluding carboxylic acids is 2. The van der Waals surface area contributed by atoms with E-state index >= 15 is 0 Å². The number of amides is 2. The summed E-state index contributed by atoms with van der Waals surface area (Å²) in [6.45, 7) is 6.59. The zero-order valence-electron chi connectivity index (χ0n) is 19.0. The van der Waals surface area contributed by atoms with Crippen LogP contribution >= 0.6 is 11.8 Å². The molecule has 0 aliphatic carbocycles. The predicted octanol–water partition coefficient (Wildman–Crippen LogP) is 5.45. The molecule has 1 fully saturated rings. The first-order valence-electron chi connectivity index (χ1n) is 11.4. The molecule has 6 rings (SSSR count). The molecule has 0 aromatic heterocycles. The Morgan fingerprint density at radius 1 is 0.758 bits per heavy atom. The number of benzene rings is 3. The number of para-hydroxylation sites is 2. The summed E-state index contributed by atoms with van der Waals surface area (Å²) in [4.78, 5) is 30.3. The molecule has 166 valence electrons. The second-order valence-electron chi connectivity index (χ2n) is 10.0. The van der Waals surface area contributed by atoms with Crippen molar-refractivity contribution in [2.24, 2.45) is 0 Å². The maximum atomic E-state index is 14.4. The normalized spacial score (nSPS) is 27.4. The van der Waals surface area contributed by atoms with Crippen LogP contribution < -0.4 is 9.80 Å². The molecule has 0 saturated carbocycles. The van der Waals surface area contributed by atoms with Gasteiger partial charge in [0, 0.05) is 22.2 Å². The minimum Gasteiger partial charge on any atom is -0.303 e. The van der Waals surface area contributed by atoms with E-state index in [0.29, 0.717) is 0 Å². The highest BCUT2D eigenvalue weighted by Crippen LogP contribution is 2.62. The highest BCUT2D eigenvalue weighted by atomic mass is 32.2. The standard InChI is InChI=1S/C28H26N2O2S/c1-26(2)18-27(3,19-11-6-4-7-12-19)21-15-10-16-22-24(21)30(26)25(32)28(22)29(23(31)17-33-28)20-13-8-5-9-14-20/h4-16H,17-18H2,1-3H3. The number of hydrogen-bond acceptors (Lipinski definition) is 3. The van der Waals surface area contributed by atoms with Gasteiger partial charge in [-0.1, -0.05) is 73.7 Å². The Labute approximate surface area is 198 Å². The maximum Gasteiger partial charge on any atom is 0.269 e. The van der Waals surface area contributed by atoms with E-state index in [0.717, 1.165) is 28.9 Å². The van der Waals surface area contributed by atoms with Gasteiger partial charge in [-0.2, -0.15) is 0 Å². The van der Waals surface area contributed by atoms with E-state index in [2.05, 4.69) is 57.2 Å². The molecule has 1 spiro atoms. The average molecular weight is 455 g/mol. The van der Waals surface area contributed by atoms with Crippen molar-refractivity contribution in [3.8, 4) is 0 Å². The third kappa shape index (κ3) is 2.54. The van der Waals surface area contributed by atoms with Crippen LogP contribution in [0, 0.1) is 0 Å². The zero-order valence-corrected chi connectivity index (χ0v) is 19.9. The van der Waals surface area contributed by atoms with Crippen molar-refractivity contribution >= 4 is 35.0 Å². The molecular weight excluding hydrogens is 428 g/mol. The Bertz CT molecular complexity index is 1290. The summed E-state index contributed by atoms with van der Waals surface area (Å²) in [7, 11) is 0. The van der Waals surface area contributed by atoms with Crippen LogP contribution in [0.5, 0.6) is 0 Å². The number of anilines is 2. The molecule has 3 aliphatic rings. The van der Waals surface area contributed by atoms with Crippen molar-refractivity contribution in [1.29, 1.82) is 0 Å². The molecular formula is C28H26N2O2S. The van der Waals surface area contributed by atoms with Crippen molar-refractivity contribution in [1.82, 2.24) is 0 Å². The summed E-state index contributed by atoms with van der Waals surface area (Å²) in [6, 6.07) is 26.4. The SMILES string of the molecule is CC1(c2ccccc2)CC(C)(C)N2C(=O)C3(SCC(=O)N3c3ccccc3)c3cccc1c32. The van der Waals surface area contributed by atoms with E-state index in [1.54, 1.807) is 4.90 Å². The Hall–Kier alpha value is -3.05. The number of thioether (sulfide) groups is 1. The van der Waals surface area contributed by atoms with Gasteiger partial charge in [-0.15, -0.1) is 11.8 Å². The lowest BCUT2D eigenvalue weighted by Crippen LogP contribution is -2.58. The molecule has 3 heterocycles. The van der Waals surface area contributed by atoms with Crippen LogP contribution in [0.15, 0.2) is 78.9 Å². The molecule has 1 saturated heterocycles. The lowest BCUT2D eigenvalue weighted by atomic mass is 9.65. The smallest absolute Gasteiger partial charge is 0.269 e. The van der Waals surface area contributed by atoms with Crippen LogP contribution in [0.25, 0.3) is 0 Å². The van der Waals surface area contributed by atoms with Gasteiger partial charge < -0.3 is 4.90 Å². The first-order chi connectivity index (χ1) is 15.8. The van der Waals surface area contributed by atoms with Crippen LogP contribution in [0.4, 0.5) is 11.4 Å². The summed E-state index contributed by atoms with van der Waals surface area (Å²) in [5.41, 5.74) is 4.42. The fourth-order valence-corrected chi connectivity index (χ4v) is 7.61. The van der Waals surface area contributed by atoms with Crippen LogP contribution in [-0.2, 0) is 19.9 Å². The number of hydrogen-bond donors (Lipinski definition) is 0. The molecule has 0 bridgehead atoms. The van der Waals surface area contributed by atoms with E-state index in [9.17, 15) is 9.59 Å². The van der Waals surface area contributed by atoms with Gasteiger partial charge >= 0.3 is 0 Å². The summed E-state index contributed by atoms with van der Waals surface area (Å²) in [6.07, 6.45) is 0.798. The average Bonchev–Trinajstić information content (AvgIpc) is 3.29. The molecule has 2 unspecified atom stereocenters. The monoisotopic (exact) mass is 454 g/mol. The van der Waals surface area contributed by atoms with Crippen molar-refractivity contribution in [2.75, 3.05) is 15.6 Å². The van der Waals surface area contributed by atoms with Gasteiger partial charge in [0.15, 0.2) is 0 Å². The molecule has 2 atom stereocenters. The molecule has 0 radical (unpaired) electrons. The number of nitrogens with zero attached hydrogens (tertiary/aromatic N) is 2. The Balaban J connectivity index is 1.64. The van der Waals surface area contributed by atoms with E-state index in [4.69, 9.17) is 0 Å². The molecule has 0 N–H and O–H groups in total. The van der Waals surface area contributed by atoms with Crippen molar-refractivity contribution in [2.45, 2.75) is 43.0 Å². The number of carbonyl (C=O) groups is 2. The van der Waals surface area contributed by atoms with Gasteiger partial charge in [-0.25, -0.2) is 0 Å². The van der Waals surface area contributed by atoms with Crippen LogP contribution in [0.3, 0.4) is 0 Å². The minimum absolute atomic E-state index is 0.00948. The molecule has 2 amide bonds. The van der Waals surface area contributed by atoms with E-state index in [-0.39, 0.29) is 23.0 Å². The summed E-state index contributed by atoms with van der Waals surface area (Å²) in [5, 5.41) is 0. The lowest BCUT2D eigenvalue weighted by molar-refractivity contribution is -0.124. The quantitative estimate of drug-likeness (QED) is 0.517. The fraction of sp³-hybridized carbons (Fsp3) is 0.286. The first-order valence-corrected chi connectivity index (χ1v) is 12.4. The van der Waals surface area contributed by atoms with E-state index < -0.39 is 10.4 Å². The number of fused-ring (bicyclic) bond motifs is 1. The van der Waals surface area contributed by atoms with Gasteiger partial charge in [0.25, 0.3) is 5.91 Å². The van der Waals surface area contributed by atoms with Gasteiger partial charge in [-0.3, -0.25) is 14.5 Å². The van der Waals surface area contributed by atoms with Crippen LogP contribution in [0.2, 0.25) is 0 Å². The van der Waals surface area contributed by atoms with Gasteiger partial charge in [0.1, 0.15) is 0 Å². The summed E-state index contributed by atoms with van der Waals surface area (Å²) >= 11 is 1.45. The Morgan fingerprint density at radius 2 is 1.39 bits per heavy atom. The highest BCUT2D eigenvalue weighted by molar-refractivity contribution is 8.02. The number of rotatable bonds is 2. The highest BCUT2D eigenvalue weighted by Gasteiger charge is 2.65. The van der Waals surface area contributed by atoms with Crippen LogP contribution in [-0.4, -0.2) is 23.1 Å². The molecule has 33 heavy (non-hydrogen) atoms. The lowest BCUT2D eigenvalue weighted by Gasteiger charge is -2.50. The third-order valence-electron chi connectivity index (χ3n) is 7.50. The van der Waals surface area contributed by atoms with E-state index in [1.807, 2.05) is 47.4 Å². The predicted molar refractivity (Wildman–Crippen MR) is 134 cm³/mol. The zero-order chi connectivity index (χ0) is 23.0. The molecule has 3 aromatic rings. The second kappa shape index (κ2) is 6.73. The third-order valence-corrected chi connectivity index (χ3v) is 8.88. The molecule has 3 aliphatic heterocycles. The molecule has 5 heteroatoms. The van der Waals surface area contributed by atoms with E-state index in [1.165, 1.54) is 17.3 Å². The minimum atomic E-state index is -1.07. The summed E-state index contributed by atoms with van der Waals surface area (Å²) in [5.74, 6) is 0.250. The first kappa shape index (κ1) is 20.5. The van der Waals surface area contributed by atoms with Gasteiger partial charge in [-0.05, 0) is 43.5 Å². The van der Waals surface area contributed by atoms with Crippen molar-refractivity contribution in [3.63, 3.8) is 0 Å². The maximum absolute atomic E-state index is 14.4. The second-order valence-corrected chi connectivity index (χ2v) is 11.2. The Morgan fingerprint density at radius 3 is 2.09 bits per heavy atom. The Kier molecular flexibility index (Phi) is 4.19. The fourth-order valence-electron chi connectivity index (χ4n) is 6.28. The van der Waals surface area contributed by atoms with Gasteiger partial charge in [0.05, 0.1) is 11.4 Å². The van der Waals surface area contributed by atoms with Gasteiger partial charge in [0.2, 0.25) is 10.8 Å². The topological polar surface area (TPSA) is 40.6 Å². The molecule has 3 aromatic carbocycles.